The average Bonchev–Trinajstić information content (AvgIpc) is 2.40. The Hall–Kier alpha value is -2.11. The molecule has 1 aromatic rings. The molecule has 116 valence electrons. The summed E-state index contributed by atoms with van der Waals surface area (Å²) < 4.78 is 5.38. The molecular weight excluding hydrogens is 268 g/mol. The van der Waals surface area contributed by atoms with E-state index in [0.717, 1.165) is 18.8 Å². The maximum absolute atomic E-state index is 12.0. The van der Waals surface area contributed by atoms with Crippen molar-refractivity contribution in [2.45, 2.75) is 26.4 Å². The van der Waals surface area contributed by atoms with E-state index in [1.165, 1.54) is 0 Å². The zero-order valence-corrected chi connectivity index (χ0v) is 12.9. The van der Waals surface area contributed by atoms with Crippen LogP contribution in [0.4, 0.5) is 21.9 Å². The first kappa shape index (κ1) is 15.3. The summed E-state index contributed by atoms with van der Waals surface area (Å²) in [5.41, 5.74) is 13.3. The van der Waals surface area contributed by atoms with Gasteiger partial charge in [-0.25, -0.2) is 4.79 Å². The highest BCUT2D eigenvalue weighted by molar-refractivity contribution is 5.71. The molecule has 21 heavy (non-hydrogen) atoms. The van der Waals surface area contributed by atoms with E-state index in [4.69, 9.17) is 16.2 Å². The normalized spacial score (nSPS) is 16.0. The molecule has 6 heteroatoms. The van der Waals surface area contributed by atoms with Gasteiger partial charge in [-0.3, -0.25) is 0 Å². The molecule has 6 nitrogen and oxygen atoms in total. The van der Waals surface area contributed by atoms with E-state index in [0.29, 0.717) is 24.5 Å². The van der Waals surface area contributed by atoms with Gasteiger partial charge in [0.05, 0.1) is 11.4 Å². The van der Waals surface area contributed by atoms with Crippen LogP contribution < -0.4 is 16.4 Å². The molecule has 0 aromatic heterocycles. The number of hydrogen-bond donors (Lipinski definition) is 2. The second kappa shape index (κ2) is 5.71. The van der Waals surface area contributed by atoms with Crippen LogP contribution in [0.25, 0.3) is 0 Å². The van der Waals surface area contributed by atoms with Crippen molar-refractivity contribution in [2.24, 2.45) is 0 Å². The van der Waals surface area contributed by atoms with Crippen LogP contribution in [0, 0.1) is 0 Å². The molecule has 0 saturated carbocycles. The lowest BCUT2D eigenvalue weighted by molar-refractivity contribution is 0.0240. The molecule has 1 aliphatic heterocycles. The summed E-state index contributed by atoms with van der Waals surface area (Å²) in [4.78, 5) is 15.9. The summed E-state index contributed by atoms with van der Waals surface area (Å²) in [6.07, 6.45) is -0.251. The molecule has 1 amide bonds. The van der Waals surface area contributed by atoms with Gasteiger partial charge in [0.15, 0.2) is 0 Å². The first-order chi connectivity index (χ1) is 9.76. The molecule has 1 saturated heterocycles. The lowest BCUT2D eigenvalue weighted by Gasteiger charge is -2.36. The average molecular weight is 292 g/mol. The number of ether oxygens (including phenoxy) is 1. The monoisotopic (exact) mass is 292 g/mol. The number of nitrogens with two attached hydrogens (primary N) is 2. The minimum Gasteiger partial charge on any atom is -0.444 e. The van der Waals surface area contributed by atoms with Crippen molar-refractivity contribution in [3.8, 4) is 0 Å². The third-order valence-electron chi connectivity index (χ3n) is 3.37. The van der Waals surface area contributed by atoms with Gasteiger partial charge in [0.1, 0.15) is 5.60 Å². The van der Waals surface area contributed by atoms with E-state index in [2.05, 4.69) is 4.90 Å². The lowest BCUT2D eigenvalue weighted by atomic mass is 10.2. The molecule has 0 atom stereocenters. The Kier molecular flexibility index (Phi) is 4.16. The highest BCUT2D eigenvalue weighted by atomic mass is 16.6. The Morgan fingerprint density at radius 3 is 2.24 bits per heavy atom. The molecule has 0 unspecified atom stereocenters. The standard InChI is InChI=1S/C15H24N4O2/c1-15(2,3)21-14(20)19-8-6-18(7-9-19)11-4-5-12(16)13(17)10-11/h4-5,10H,6-9,16-17H2,1-3H3. The van der Waals surface area contributed by atoms with Crippen molar-refractivity contribution < 1.29 is 9.53 Å². The Balaban J connectivity index is 1.94. The molecule has 0 bridgehead atoms. The maximum atomic E-state index is 12.0. The highest BCUT2D eigenvalue weighted by Crippen LogP contribution is 2.24. The number of hydrogen-bond acceptors (Lipinski definition) is 5. The predicted octanol–water partition coefficient (Wildman–Crippen LogP) is 1.91. The molecular formula is C15H24N4O2. The topological polar surface area (TPSA) is 84.8 Å². The van der Waals surface area contributed by atoms with Crippen LogP contribution in [0.3, 0.4) is 0 Å². The predicted molar refractivity (Wildman–Crippen MR) is 85.3 cm³/mol. The summed E-state index contributed by atoms with van der Waals surface area (Å²) in [5.74, 6) is 0. The van der Waals surface area contributed by atoms with Crippen LogP contribution in [0.15, 0.2) is 18.2 Å². The van der Waals surface area contributed by atoms with Gasteiger partial charge >= 0.3 is 6.09 Å². The smallest absolute Gasteiger partial charge is 0.410 e. The number of carbonyl (C=O) groups excluding carboxylic acids is 1. The lowest BCUT2D eigenvalue weighted by Crippen LogP contribution is -2.50. The first-order valence-electron chi connectivity index (χ1n) is 7.14. The van der Waals surface area contributed by atoms with Gasteiger partial charge in [0, 0.05) is 31.9 Å². The van der Waals surface area contributed by atoms with Gasteiger partial charge in [-0.05, 0) is 39.0 Å². The van der Waals surface area contributed by atoms with Crippen LogP contribution >= 0.6 is 0 Å². The Bertz CT molecular complexity index is 517. The van der Waals surface area contributed by atoms with Crippen molar-refractivity contribution in [1.82, 2.24) is 4.90 Å². The fraction of sp³-hybridized carbons (Fsp3) is 0.533. The van der Waals surface area contributed by atoms with Crippen molar-refractivity contribution >= 4 is 23.2 Å². The van der Waals surface area contributed by atoms with Crippen molar-refractivity contribution in [3.63, 3.8) is 0 Å². The molecule has 1 aromatic carbocycles. The van der Waals surface area contributed by atoms with E-state index in [1.807, 2.05) is 39.0 Å². The van der Waals surface area contributed by atoms with Crippen LogP contribution in [-0.4, -0.2) is 42.8 Å². The van der Waals surface area contributed by atoms with Gasteiger partial charge in [0.25, 0.3) is 0 Å². The Morgan fingerprint density at radius 2 is 1.71 bits per heavy atom. The summed E-state index contributed by atoms with van der Waals surface area (Å²) in [5, 5.41) is 0. The summed E-state index contributed by atoms with van der Waals surface area (Å²) in [6.45, 7) is 8.40. The third-order valence-corrected chi connectivity index (χ3v) is 3.37. The van der Waals surface area contributed by atoms with Crippen LogP contribution in [0.5, 0.6) is 0 Å². The van der Waals surface area contributed by atoms with E-state index < -0.39 is 5.60 Å². The van der Waals surface area contributed by atoms with E-state index in [-0.39, 0.29) is 6.09 Å². The maximum Gasteiger partial charge on any atom is 0.410 e. The van der Waals surface area contributed by atoms with Crippen LogP contribution in [0.1, 0.15) is 20.8 Å². The minimum absolute atomic E-state index is 0.251. The molecule has 1 fully saturated rings. The number of carbonyl (C=O) groups is 1. The highest BCUT2D eigenvalue weighted by Gasteiger charge is 2.25. The Morgan fingerprint density at radius 1 is 1.10 bits per heavy atom. The van der Waals surface area contributed by atoms with Gasteiger partial charge in [0.2, 0.25) is 0 Å². The molecule has 1 heterocycles. The number of nitrogen functional groups attached to an aromatic ring is 2. The van der Waals surface area contributed by atoms with Crippen LogP contribution in [0.2, 0.25) is 0 Å². The summed E-state index contributed by atoms with van der Waals surface area (Å²) >= 11 is 0. The second-order valence-corrected chi connectivity index (χ2v) is 6.27. The van der Waals surface area contributed by atoms with Gasteiger partial charge in [-0.2, -0.15) is 0 Å². The summed E-state index contributed by atoms with van der Waals surface area (Å²) in [7, 11) is 0. The number of nitrogens with zero attached hydrogens (tertiary/aromatic N) is 2. The quantitative estimate of drug-likeness (QED) is 0.772. The van der Waals surface area contributed by atoms with Crippen molar-refractivity contribution in [3.05, 3.63) is 18.2 Å². The molecule has 4 N–H and O–H groups in total. The number of piperazine rings is 1. The molecule has 0 radical (unpaired) electrons. The fourth-order valence-electron chi connectivity index (χ4n) is 2.23. The number of rotatable bonds is 1. The SMILES string of the molecule is CC(C)(C)OC(=O)N1CCN(c2ccc(N)c(N)c2)CC1. The van der Waals surface area contributed by atoms with Gasteiger partial charge < -0.3 is 26.0 Å². The minimum atomic E-state index is -0.459. The summed E-state index contributed by atoms with van der Waals surface area (Å²) in [6, 6.07) is 5.64. The van der Waals surface area contributed by atoms with E-state index in [9.17, 15) is 4.79 Å². The number of benzene rings is 1. The number of amides is 1. The zero-order chi connectivity index (χ0) is 15.6. The van der Waals surface area contributed by atoms with Gasteiger partial charge in [-0.1, -0.05) is 0 Å². The molecule has 0 spiro atoms. The number of anilines is 3. The Labute approximate surface area is 125 Å². The van der Waals surface area contributed by atoms with Crippen molar-refractivity contribution in [2.75, 3.05) is 42.5 Å². The molecule has 2 rings (SSSR count). The third kappa shape index (κ3) is 3.93. The molecule has 0 aliphatic carbocycles. The first-order valence-corrected chi connectivity index (χ1v) is 7.14. The zero-order valence-electron chi connectivity index (χ0n) is 12.9. The second-order valence-electron chi connectivity index (χ2n) is 6.27. The van der Waals surface area contributed by atoms with Gasteiger partial charge in [-0.15, -0.1) is 0 Å². The fourth-order valence-corrected chi connectivity index (χ4v) is 2.23. The molecule has 1 aliphatic rings. The largest absolute Gasteiger partial charge is 0.444 e. The van der Waals surface area contributed by atoms with Crippen LogP contribution in [-0.2, 0) is 4.74 Å². The van der Waals surface area contributed by atoms with Crippen molar-refractivity contribution in [1.29, 1.82) is 0 Å². The van der Waals surface area contributed by atoms with E-state index in [1.54, 1.807) is 4.90 Å². The van der Waals surface area contributed by atoms with E-state index >= 15 is 0 Å².